The second-order valence-corrected chi connectivity index (χ2v) is 7.91. The van der Waals surface area contributed by atoms with Crippen LogP contribution in [0.1, 0.15) is 16.7 Å². The van der Waals surface area contributed by atoms with E-state index in [1.807, 2.05) is 59.1 Å². The third kappa shape index (κ3) is 5.12. The summed E-state index contributed by atoms with van der Waals surface area (Å²) in [5.41, 5.74) is 7.06. The highest BCUT2D eigenvalue weighted by atomic mass is 16.5. The zero-order chi connectivity index (χ0) is 22.5. The molecule has 0 bridgehead atoms. The summed E-state index contributed by atoms with van der Waals surface area (Å²) in [5.74, 6) is 2.09. The number of benzene rings is 2. The number of hydrazone groups is 1. The summed E-state index contributed by atoms with van der Waals surface area (Å²) in [5, 5.41) is 9.05. The van der Waals surface area contributed by atoms with E-state index in [4.69, 9.17) is 14.5 Å². The first-order valence-electron chi connectivity index (χ1n) is 11.0. The fourth-order valence-corrected chi connectivity index (χ4v) is 3.74. The summed E-state index contributed by atoms with van der Waals surface area (Å²) < 4.78 is 13.3. The van der Waals surface area contributed by atoms with E-state index in [9.17, 15) is 0 Å². The van der Waals surface area contributed by atoms with Crippen LogP contribution in [-0.2, 0) is 11.3 Å². The van der Waals surface area contributed by atoms with Gasteiger partial charge in [-0.3, -0.25) is 5.43 Å². The average Bonchev–Trinajstić information content (AvgIpc) is 3.26. The number of hydrogen-bond acceptors (Lipinski definition) is 7. The van der Waals surface area contributed by atoms with Gasteiger partial charge in [-0.1, -0.05) is 60.2 Å². The van der Waals surface area contributed by atoms with Crippen LogP contribution >= 0.6 is 0 Å². The molecular weight excluding hydrogens is 416 g/mol. The van der Waals surface area contributed by atoms with Gasteiger partial charge in [-0.05, 0) is 18.1 Å². The molecule has 0 unspecified atom stereocenters. The zero-order valence-electron chi connectivity index (χ0n) is 18.5. The van der Waals surface area contributed by atoms with Gasteiger partial charge in [0.15, 0.2) is 11.5 Å². The van der Waals surface area contributed by atoms with Crippen molar-refractivity contribution < 1.29 is 9.47 Å². The van der Waals surface area contributed by atoms with Crippen molar-refractivity contribution in [2.45, 2.75) is 13.5 Å². The van der Waals surface area contributed by atoms with Crippen LogP contribution in [-0.4, -0.2) is 47.1 Å². The van der Waals surface area contributed by atoms with Gasteiger partial charge in [0.1, 0.15) is 12.4 Å². The summed E-state index contributed by atoms with van der Waals surface area (Å²) in [6.45, 7) is 5.43. The van der Waals surface area contributed by atoms with Crippen molar-refractivity contribution in [2.75, 3.05) is 36.6 Å². The molecular formula is C25H26N6O2. The lowest BCUT2D eigenvalue weighted by Crippen LogP contribution is -2.37. The van der Waals surface area contributed by atoms with Crippen molar-refractivity contribution in [1.29, 1.82) is 0 Å². The quantitative estimate of drug-likeness (QED) is 0.346. The van der Waals surface area contributed by atoms with Gasteiger partial charge in [-0.2, -0.15) is 9.62 Å². The van der Waals surface area contributed by atoms with Crippen LogP contribution < -0.4 is 15.1 Å². The van der Waals surface area contributed by atoms with E-state index in [1.165, 1.54) is 5.56 Å². The molecule has 0 aliphatic carbocycles. The molecule has 2 aromatic carbocycles. The van der Waals surface area contributed by atoms with Gasteiger partial charge in [0, 0.05) is 25.2 Å². The van der Waals surface area contributed by atoms with Crippen molar-refractivity contribution in [3.8, 4) is 5.88 Å². The highest BCUT2D eigenvalue weighted by molar-refractivity contribution is 5.80. The Morgan fingerprint density at radius 3 is 2.73 bits per heavy atom. The molecule has 1 fully saturated rings. The third-order valence-corrected chi connectivity index (χ3v) is 5.39. The highest BCUT2D eigenvalue weighted by Crippen LogP contribution is 2.24. The Morgan fingerprint density at radius 1 is 1.06 bits per heavy atom. The van der Waals surface area contributed by atoms with Gasteiger partial charge >= 0.3 is 0 Å². The third-order valence-electron chi connectivity index (χ3n) is 5.39. The lowest BCUT2D eigenvalue weighted by atomic mass is 10.2. The lowest BCUT2D eigenvalue weighted by molar-refractivity contribution is 0.122. The molecule has 4 aromatic rings. The molecule has 168 valence electrons. The Hall–Kier alpha value is -3.91. The number of hydrogen-bond donors (Lipinski definition) is 1. The Kier molecular flexibility index (Phi) is 6.16. The van der Waals surface area contributed by atoms with Crippen LogP contribution in [0.5, 0.6) is 5.88 Å². The average molecular weight is 443 g/mol. The molecule has 0 atom stereocenters. The molecule has 8 heteroatoms. The Bertz CT molecular complexity index is 1250. The van der Waals surface area contributed by atoms with Crippen LogP contribution in [0, 0.1) is 6.92 Å². The molecule has 0 radical (unpaired) electrons. The normalized spacial score (nSPS) is 14.2. The summed E-state index contributed by atoms with van der Waals surface area (Å²) in [6, 6.07) is 22.0. The standard InChI is InChI=1S/C25H26N6O2/c1-19-6-5-9-21(14-19)17-26-28-22-15-25(30-10-12-32-13-11-30)31-23(27-22)16-24(29-31)33-18-20-7-3-2-4-8-20/h2-9,14-17H,10-13,18H2,1H3,(H,27,28)/b26-17+. The van der Waals surface area contributed by atoms with Crippen LogP contribution in [0.15, 0.2) is 71.8 Å². The monoisotopic (exact) mass is 442 g/mol. The number of aromatic nitrogens is 3. The van der Waals surface area contributed by atoms with Gasteiger partial charge in [-0.25, -0.2) is 4.98 Å². The molecule has 2 aromatic heterocycles. The van der Waals surface area contributed by atoms with Crippen molar-refractivity contribution in [3.05, 3.63) is 83.4 Å². The minimum Gasteiger partial charge on any atom is -0.472 e. The molecule has 0 saturated carbocycles. The number of anilines is 2. The zero-order valence-corrected chi connectivity index (χ0v) is 18.5. The smallest absolute Gasteiger partial charge is 0.235 e. The first kappa shape index (κ1) is 21.0. The van der Waals surface area contributed by atoms with Gasteiger partial charge in [0.05, 0.1) is 19.4 Å². The summed E-state index contributed by atoms with van der Waals surface area (Å²) in [7, 11) is 0. The van der Waals surface area contributed by atoms with Crippen molar-refractivity contribution >= 4 is 23.5 Å². The second kappa shape index (κ2) is 9.70. The van der Waals surface area contributed by atoms with Gasteiger partial charge in [0.25, 0.3) is 0 Å². The maximum absolute atomic E-state index is 5.94. The van der Waals surface area contributed by atoms with Crippen LogP contribution in [0.3, 0.4) is 0 Å². The Balaban J connectivity index is 1.41. The summed E-state index contributed by atoms with van der Waals surface area (Å²) in [6.07, 6.45) is 1.79. The largest absolute Gasteiger partial charge is 0.472 e. The van der Waals surface area contributed by atoms with E-state index >= 15 is 0 Å². The molecule has 1 N–H and O–H groups in total. The number of ether oxygens (including phenoxy) is 2. The number of rotatable bonds is 7. The fraction of sp³-hybridized carbons (Fsp3) is 0.240. The van der Waals surface area contributed by atoms with Crippen LogP contribution in [0.4, 0.5) is 11.6 Å². The molecule has 0 amide bonds. The molecule has 5 rings (SSSR count). The van der Waals surface area contributed by atoms with E-state index in [2.05, 4.69) is 39.6 Å². The van der Waals surface area contributed by atoms with E-state index in [1.54, 1.807) is 6.21 Å². The molecule has 0 spiro atoms. The topological polar surface area (TPSA) is 76.3 Å². The predicted octanol–water partition coefficient (Wildman–Crippen LogP) is 3.90. The van der Waals surface area contributed by atoms with E-state index in [0.717, 1.165) is 30.0 Å². The van der Waals surface area contributed by atoms with Gasteiger partial charge in [0.2, 0.25) is 5.88 Å². The lowest BCUT2D eigenvalue weighted by Gasteiger charge is -2.29. The first-order chi connectivity index (χ1) is 16.2. The van der Waals surface area contributed by atoms with E-state index < -0.39 is 0 Å². The first-order valence-corrected chi connectivity index (χ1v) is 11.0. The maximum Gasteiger partial charge on any atom is 0.235 e. The number of morpholine rings is 1. The summed E-state index contributed by atoms with van der Waals surface area (Å²) >= 11 is 0. The predicted molar refractivity (Wildman–Crippen MR) is 129 cm³/mol. The molecule has 8 nitrogen and oxygen atoms in total. The Morgan fingerprint density at radius 2 is 1.91 bits per heavy atom. The minimum atomic E-state index is 0.448. The molecule has 3 heterocycles. The fourth-order valence-electron chi connectivity index (χ4n) is 3.74. The van der Waals surface area contributed by atoms with Gasteiger partial charge in [-0.15, -0.1) is 5.10 Å². The molecule has 1 aliphatic heterocycles. The second-order valence-electron chi connectivity index (χ2n) is 7.91. The number of fused-ring (bicyclic) bond motifs is 1. The molecule has 1 aliphatic rings. The van der Waals surface area contributed by atoms with E-state index in [0.29, 0.717) is 37.2 Å². The van der Waals surface area contributed by atoms with Crippen molar-refractivity contribution in [1.82, 2.24) is 14.6 Å². The van der Waals surface area contributed by atoms with Crippen molar-refractivity contribution in [3.63, 3.8) is 0 Å². The number of nitrogens with one attached hydrogen (secondary N) is 1. The maximum atomic E-state index is 5.94. The van der Waals surface area contributed by atoms with Crippen LogP contribution in [0.25, 0.3) is 5.65 Å². The molecule has 33 heavy (non-hydrogen) atoms. The highest BCUT2D eigenvalue weighted by Gasteiger charge is 2.18. The summed E-state index contributed by atoms with van der Waals surface area (Å²) in [4.78, 5) is 6.93. The van der Waals surface area contributed by atoms with Gasteiger partial charge < -0.3 is 14.4 Å². The Labute approximate surface area is 192 Å². The molecule has 1 saturated heterocycles. The van der Waals surface area contributed by atoms with Crippen LogP contribution in [0.2, 0.25) is 0 Å². The number of aryl methyl sites for hydroxylation is 1. The minimum absolute atomic E-state index is 0.448. The van der Waals surface area contributed by atoms with E-state index in [-0.39, 0.29) is 0 Å². The SMILES string of the molecule is Cc1cccc(/C=N/Nc2cc(N3CCOCC3)n3nc(OCc4ccccc4)cc3n2)c1. The van der Waals surface area contributed by atoms with Crippen molar-refractivity contribution in [2.24, 2.45) is 5.10 Å². The number of nitrogens with zero attached hydrogens (tertiary/aromatic N) is 5.